The standard InChI is InChI=1S/C16H26N2O/c1-3-9-15(17)16(19)18(2)13-8-7-12-14-10-5-4-6-11-14/h4-6,10-11,15H,3,7-9,12-13,17H2,1-2H3/t15-/m0/s1. The van der Waals surface area contributed by atoms with E-state index >= 15 is 0 Å². The van der Waals surface area contributed by atoms with Gasteiger partial charge in [-0.15, -0.1) is 0 Å². The fraction of sp³-hybridized carbons (Fsp3) is 0.562. The third-order valence-electron chi connectivity index (χ3n) is 3.34. The molecule has 0 aliphatic carbocycles. The van der Waals surface area contributed by atoms with Gasteiger partial charge in [0.25, 0.3) is 0 Å². The highest BCUT2D eigenvalue weighted by atomic mass is 16.2. The van der Waals surface area contributed by atoms with Gasteiger partial charge < -0.3 is 10.6 Å². The molecule has 0 unspecified atom stereocenters. The largest absolute Gasteiger partial charge is 0.344 e. The highest BCUT2D eigenvalue weighted by Gasteiger charge is 2.16. The summed E-state index contributed by atoms with van der Waals surface area (Å²) >= 11 is 0. The van der Waals surface area contributed by atoms with Crippen LogP contribution in [0.15, 0.2) is 30.3 Å². The summed E-state index contributed by atoms with van der Waals surface area (Å²) in [6, 6.07) is 10.1. The summed E-state index contributed by atoms with van der Waals surface area (Å²) < 4.78 is 0. The van der Waals surface area contributed by atoms with Crippen LogP contribution in [0.2, 0.25) is 0 Å². The summed E-state index contributed by atoms with van der Waals surface area (Å²) in [5.41, 5.74) is 7.19. The summed E-state index contributed by atoms with van der Waals surface area (Å²) in [5.74, 6) is 0.0709. The van der Waals surface area contributed by atoms with E-state index in [9.17, 15) is 4.79 Å². The van der Waals surface area contributed by atoms with Crippen molar-refractivity contribution in [3.8, 4) is 0 Å². The third-order valence-corrected chi connectivity index (χ3v) is 3.34. The Kier molecular flexibility index (Phi) is 7.19. The second kappa shape index (κ2) is 8.70. The highest BCUT2D eigenvalue weighted by Crippen LogP contribution is 2.06. The molecule has 3 heteroatoms. The maximum Gasteiger partial charge on any atom is 0.239 e. The lowest BCUT2D eigenvalue weighted by Crippen LogP contribution is -2.42. The molecule has 0 bridgehead atoms. The smallest absolute Gasteiger partial charge is 0.239 e. The first kappa shape index (κ1) is 15.7. The predicted molar refractivity (Wildman–Crippen MR) is 79.9 cm³/mol. The van der Waals surface area contributed by atoms with Crippen molar-refractivity contribution in [2.24, 2.45) is 5.73 Å². The average Bonchev–Trinajstić information content (AvgIpc) is 2.44. The molecule has 0 saturated heterocycles. The van der Waals surface area contributed by atoms with Crippen molar-refractivity contribution < 1.29 is 4.79 Å². The Morgan fingerprint density at radius 2 is 1.95 bits per heavy atom. The Morgan fingerprint density at radius 3 is 2.58 bits per heavy atom. The van der Waals surface area contributed by atoms with E-state index in [-0.39, 0.29) is 11.9 Å². The number of nitrogens with zero attached hydrogens (tertiary/aromatic N) is 1. The van der Waals surface area contributed by atoms with Crippen LogP contribution in [0.5, 0.6) is 0 Å². The molecular formula is C16H26N2O. The van der Waals surface area contributed by atoms with Crippen LogP contribution >= 0.6 is 0 Å². The number of hydrogen-bond acceptors (Lipinski definition) is 2. The van der Waals surface area contributed by atoms with Gasteiger partial charge in [0.15, 0.2) is 0 Å². The molecule has 1 aromatic carbocycles. The zero-order valence-corrected chi connectivity index (χ0v) is 12.1. The number of hydrogen-bond donors (Lipinski definition) is 1. The Balaban J connectivity index is 2.20. The number of rotatable bonds is 8. The summed E-state index contributed by atoms with van der Waals surface area (Å²) in [6.45, 7) is 2.84. The fourth-order valence-electron chi connectivity index (χ4n) is 2.15. The van der Waals surface area contributed by atoms with Gasteiger partial charge in [-0.25, -0.2) is 0 Å². The topological polar surface area (TPSA) is 46.3 Å². The van der Waals surface area contributed by atoms with Crippen molar-refractivity contribution in [3.05, 3.63) is 35.9 Å². The first-order valence-corrected chi connectivity index (χ1v) is 7.19. The summed E-state index contributed by atoms with van der Waals surface area (Å²) in [5, 5.41) is 0. The summed E-state index contributed by atoms with van der Waals surface area (Å²) in [4.78, 5) is 13.7. The van der Waals surface area contributed by atoms with E-state index in [1.54, 1.807) is 4.90 Å². The molecule has 1 rings (SSSR count). The van der Waals surface area contributed by atoms with Crippen molar-refractivity contribution in [2.45, 2.75) is 45.1 Å². The van der Waals surface area contributed by atoms with Crippen LogP contribution in [0.1, 0.15) is 38.2 Å². The number of carbonyl (C=O) groups is 1. The number of aryl methyl sites for hydroxylation is 1. The zero-order valence-electron chi connectivity index (χ0n) is 12.1. The molecule has 19 heavy (non-hydrogen) atoms. The van der Waals surface area contributed by atoms with Crippen LogP contribution in [-0.4, -0.2) is 30.4 Å². The average molecular weight is 262 g/mol. The Labute approximate surface area is 116 Å². The predicted octanol–water partition coefficient (Wildman–Crippen LogP) is 2.60. The number of unbranched alkanes of at least 4 members (excludes halogenated alkanes) is 1. The van der Waals surface area contributed by atoms with E-state index in [1.807, 2.05) is 20.0 Å². The molecule has 0 fully saturated rings. The molecule has 0 aromatic heterocycles. The van der Waals surface area contributed by atoms with E-state index in [2.05, 4.69) is 24.3 Å². The second-order valence-electron chi connectivity index (χ2n) is 5.10. The van der Waals surface area contributed by atoms with Gasteiger partial charge in [-0.3, -0.25) is 4.79 Å². The van der Waals surface area contributed by atoms with E-state index in [1.165, 1.54) is 5.56 Å². The number of carbonyl (C=O) groups excluding carboxylic acids is 1. The summed E-state index contributed by atoms with van der Waals surface area (Å²) in [7, 11) is 1.85. The Hall–Kier alpha value is -1.35. The molecule has 0 heterocycles. The fourth-order valence-corrected chi connectivity index (χ4v) is 2.15. The molecule has 0 radical (unpaired) electrons. The van der Waals surface area contributed by atoms with Crippen molar-refractivity contribution in [1.82, 2.24) is 4.90 Å². The van der Waals surface area contributed by atoms with Crippen LogP contribution < -0.4 is 5.73 Å². The minimum Gasteiger partial charge on any atom is -0.344 e. The van der Waals surface area contributed by atoms with Crippen LogP contribution in [0.3, 0.4) is 0 Å². The first-order valence-electron chi connectivity index (χ1n) is 7.19. The number of amides is 1. The van der Waals surface area contributed by atoms with Crippen molar-refractivity contribution in [2.75, 3.05) is 13.6 Å². The van der Waals surface area contributed by atoms with E-state index in [4.69, 9.17) is 5.73 Å². The molecular weight excluding hydrogens is 236 g/mol. The van der Waals surface area contributed by atoms with E-state index in [0.29, 0.717) is 0 Å². The molecule has 1 aromatic rings. The molecule has 2 N–H and O–H groups in total. The molecule has 0 aliphatic heterocycles. The second-order valence-corrected chi connectivity index (χ2v) is 5.10. The lowest BCUT2D eigenvalue weighted by atomic mass is 10.1. The Morgan fingerprint density at radius 1 is 1.26 bits per heavy atom. The highest BCUT2D eigenvalue weighted by molar-refractivity contribution is 5.81. The molecule has 106 valence electrons. The minimum absolute atomic E-state index is 0.0709. The lowest BCUT2D eigenvalue weighted by molar-refractivity contribution is -0.131. The first-order chi connectivity index (χ1) is 9.15. The number of likely N-dealkylation sites (N-methyl/N-ethyl adjacent to an activating group) is 1. The van der Waals surface area contributed by atoms with Gasteiger partial charge in [-0.05, 0) is 31.2 Å². The molecule has 0 saturated carbocycles. The number of benzene rings is 1. The monoisotopic (exact) mass is 262 g/mol. The molecule has 3 nitrogen and oxygen atoms in total. The van der Waals surface area contributed by atoms with Gasteiger partial charge >= 0.3 is 0 Å². The lowest BCUT2D eigenvalue weighted by Gasteiger charge is -2.21. The maximum absolute atomic E-state index is 11.9. The van der Waals surface area contributed by atoms with Crippen molar-refractivity contribution in [3.63, 3.8) is 0 Å². The number of nitrogens with two attached hydrogens (primary N) is 1. The normalized spacial score (nSPS) is 12.2. The van der Waals surface area contributed by atoms with Gasteiger partial charge in [0, 0.05) is 13.6 Å². The third kappa shape index (κ3) is 5.88. The van der Waals surface area contributed by atoms with Crippen LogP contribution in [-0.2, 0) is 11.2 Å². The molecule has 0 aliphatic rings. The molecule has 0 spiro atoms. The van der Waals surface area contributed by atoms with Gasteiger partial charge in [0.05, 0.1) is 6.04 Å². The minimum atomic E-state index is -0.330. The van der Waals surface area contributed by atoms with E-state index in [0.717, 1.165) is 38.6 Å². The van der Waals surface area contributed by atoms with Gasteiger partial charge in [-0.1, -0.05) is 43.7 Å². The van der Waals surface area contributed by atoms with Gasteiger partial charge in [-0.2, -0.15) is 0 Å². The summed E-state index contributed by atoms with van der Waals surface area (Å²) in [6.07, 6.45) is 4.92. The van der Waals surface area contributed by atoms with E-state index < -0.39 is 0 Å². The Bertz CT molecular complexity index is 364. The van der Waals surface area contributed by atoms with Crippen LogP contribution in [0.4, 0.5) is 0 Å². The van der Waals surface area contributed by atoms with Crippen molar-refractivity contribution >= 4 is 5.91 Å². The van der Waals surface area contributed by atoms with Gasteiger partial charge in [0.2, 0.25) is 5.91 Å². The molecule has 1 amide bonds. The van der Waals surface area contributed by atoms with Gasteiger partial charge in [0.1, 0.15) is 0 Å². The van der Waals surface area contributed by atoms with Crippen molar-refractivity contribution in [1.29, 1.82) is 0 Å². The van der Waals surface area contributed by atoms with Crippen LogP contribution in [0, 0.1) is 0 Å². The molecule has 1 atom stereocenters. The van der Waals surface area contributed by atoms with Crippen LogP contribution in [0.25, 0.3) is 0 Å². The quantitative estimate of drug-likeness (QED) is 0.732. The zero-order chi connectivity index (χ0) is 14.1. The maximum atomic E-state index is 11.9. The SMILES string of the molecule is CCC[C@H](N)C(=O)N(C)CCCCc1ccccc1.